The fraction of sp³-hybridized carbons (Fsp3) is 0.406. The summed E-state index contributed by atoms with van der Waals surface area (Å²) >= 11 is 0. The van der Waals surface area contributed by atoms with E-state index in [2.05, 4.69) is 20.9 Å². The van der Waals surface area contributed by atoms with Crippen LogP contribution in [0.1, 0.15) is 37.8 Å². The highest BCUT2D eigenvalue weighted by Crippen LogP contribution is 2.22. The highest BCUT2D eigenvalue weighted by Gasteiger charge is 2.39. The predicted molar refractivity (Wildman–Crippen MR) is 163 cm³/mol. The van der Waals surface area contributed by atoms with Crippen LogP contribution in [0.3, 0.4) is 0 Å². The molecule has 0 radical (unpaired) electrons. The highest BCUT2D eigenvalue weighted by molar-refractivity contribution is 5.96. The molecule has 2 aromatic carbocycles. The van der Waals surface area contributed by atoms with E-state index in [1.807, 2.05) is 54.6 Å². The van der Waals surface area contributed by atoms with Crippen molar-refractivity contribution in [3.63, 3.8) is 0 Å². The molecule has 0 aliphatic carbocycles. The Balaban J connectivity index is 1.62. The van der Waals surface area contributed by atoms with Crippen LogP contribution in [0.5, 0.6) is 0 Å². The Hall–Kier alpha value is -4.71. The Labute approximate surface area is 255 Å². The van der Waals surface area contributed by atoms with Crippen molar-refractivity contribution in [3.05, 3.63) is 71.9 Å². The van der Waals surface area contributed by atoms with Gasteiger partial charge in [0, 0.05) is 36.6 Å². The summed E-state index contributed by atoms with van der Waals surface area (Å²) in [6.45, 7) is 4.23. The number of hydrogen-bond acceptors (Lipinski definition) is 6. The average Bonchev–Trinajstić information content (AvgIpc) is 3.39. The molecule has 0 saturated carbocycles. The molecule has 3 amide bonds. The molecule has 234 valence electrons. The van der Waals surface area contributed by atoms with Gasteiger partial charge in [-0.3, -0.25) is 19.2 Å². The van der Waals surface area contributed by atoms with Gasteiger partial charge in [0.1, 0.15) is 18.1 Å². The van der Waals surface area contributed by atoms with Crippen LogP contribution < -0.4 is 16.0 Å². The van der Waals surface area contributed by atoms with Gasteiger partial charge in [-0.2, -0.15) is 0 Å². The molecular weight excluding hydrogens is 566 g/mol. The van der Waals surface area contributed by atoms with E-state index >= 15 is 0 Å². The number of aliphatic carboxylic acids is 2. The van der Waals surface area contributed by atoms with Crippen molar-refractivity contribution in [2.24, 2.45) is 5.92 Å². The Morgan fingerprint density at radius 3 is 2.32 bits per heavy atom. The number of para-hydroxylation sites is 1. The summed E-state index contributed by atoms with van der Waals surface area (Å²) in [7, 11) is 0. The Morgan fingerprint density at radius 1 is 0.955 bits per heavy atom. The maximum Gasteiger partial charge on any atom is 0.326 e. The lowest BCUT2D eigenvalue weighted by atomic mass is 9.98. The van der Waals surface area contributed by atoms with Gasteiger partial charge in [-0.1, -0.05) is 62.4 Å². The molecule has 0 unspecified atom stereocenters. The summed E-state index contributed by atoms with van der Waals surface area (Å²) in [6.07, 6.45) is 1.64. The normalized spacial score (nSPS) is 17.2. The van der Waals surface area contributed by atoms with E-state index in [9.17, 15) is 34.2 Å². The summed E-state index contributed by atoms with van der Waals surface area (Å²) in [5, 5.41) is 28.2. The maximum absolute atomic E-state index is 14.0. The maximum atomic E-state index is 14.0. The number of piperazine rings is 1. The van der Waals surface area contributed by atoms with Gasteiger partial charge in [0.25, 0.3) is 0 Å². The minimum Gasteiger partial charge on any atom is -0.481 e. The van der Waals surface area contributed by atoms with E-state index in [1.165, 1.54) is 4.90 Å². The van der Waals surface area contributed by atoms with Crippen LogP contribution in [0.15, 0.2) is 60.8 Å². The predicted octanol–water partition coefficient (Wildman–Crippen LogP) is 1.70. The summed E-state index contributed by atoms with van der Waals surface area (Å²) in [5.74, 6) is -4.60. The third-order valence-electron chi connectivity index (χ3n) is 7.71. The molecule has 0 bridgehead atoms. The molecule has 4 atom stereocenters. The molecule has 1 aliphatic heterocycles. The zero-order chi connectivity index (χ0) is 31.8. The third-order valence-corrected chi connectivity index (χ3v) is 7.71. The first-order valence-electron chi connectivity index (χ1n) is 14.7. The van der Waals surface area contributed by atoms with Gasteiger partial charge in [0.15, 0.2) is 0 Å². The molecular formula is C32H39N5O7. The monoisotopic (exact) mass is 605 g/mol. The molecule has 1 aromatic heterocycles. The topological polar surface area (TPSA) is 181 Å². The van der Waals surface area contributed by atoms with Crippen molar-refractivity contribution in [1.29, 1.82) is 0 Å². The number of hydrogen-bond donors (Lipinski definition) is 6. The number of fused-ring (bicyclic) bond motifs is 1. The van der Waals surface area contributed by atoms with E-state index < -0.39 is 54.3 Å². The Morgan fingerprint density at radius 2 is 1.64 bits per heavy atom. The second-order valence-corrected chi connectivity index (χ2v) is 11.5. The molecule has 4 rings (SSSR count). The van der Waals surface area contributed by atoms with E-state index in [4.69, 9.17) is 0 Å². The number of nitrogens with zero attached hydrogens (tertiary/aromatic N) is 1. The van der Waals surface area contributed by atoms with Crippen molar-refractivity contribution >= 4 is 40.6 Å². The van der Waals surface area contributed by atoms with Gasteiger partial charge in [-0.05, 0) is 36.0 Å². The molecule has 1 fully saturated rings. The standard InChI is InChI=1S/C32H39N5O7/c1-19(2)14-26(32(43)44)36-29(40)24(17-28(38)39)35-30(41)27(16-21-18-34-23-11-7-6-10-22(21)23)37-13-12-33-25(31(37)42)15-20-8-4-3-5-9-20/h3-11,18-19,24-27,33-34H,12-17H2,1-2H3,(H,35,41)(H,36,40)(H,38,39)(H,43,44)/t24-,25-,26-,27-/m0/s1. The van der Waals surface area contributed by atoms with E-state index in [1.54, 1.807) is 20.0 Å². The smallest absolute Gasteiger partial charge is 0.326 e. The Bertz CT molecular complexity index is 1490. The number of aromatic amines is 1. The summed E-state index contributed by atoms with van der Waals surface area (Å²) < 4.78 is 0. The minimum absolute atomic E-state index is 0.0629. The van der Waals surface area contributed by atoms with Gasteiger partial charge >= 0.3 is 11.9 Å². The third kappa shape index (κ3) is 8.22. The molecule has 0 spiro atoms. The number of nitrogens with one attached hydrogen (secondary N) is 4. The zero-order valence-electron chi connectivity index (χ0n) is 24.8. The highest BCUT2D eigenvalue weighted by atomic mass is 16.4. The average molecular weight is 606 g/mol. The quantitative estimate of drug-likeness (QED) is 0.161. The molecule has 2 heterocycles. The molecule has 1 aliphatic rings. The first kappa shape index (κ1) is 32.2. The van der Waals surface area contributed by atoms with Crippen LogP contribution >= 0.6 is 0 Å². The fourth-order valence-corrected chi connectivity index (χ4v) is 5.55. The largest absolute Gasteiger partial charge is 0.481 e. The van der Waals surface area contributed by atoms with Gasteiger partial charge in [-0.25, -0.2) is 4.79 Å². The number of carboxylic acid groups (broad SMARTS) is 2. The minimum atomic E-state index is -1.56. The molecule has 44 heavy (non-hydrogen) atoms. The van der Waals surface area contributed by atoms with Gasteiger partial charge in [-0.15, -0.1) is 0 Å². The van der Waals surface area contributed by atoms with Crippen molar-refractivity contribution < 1.29 is 34.2 Å². The zero-order valence-corrected chi connectivity index (χ0v) is 24.8. The van der Waals surface area contributed by atoms with Crippen molar-refractivity contribution in [2.45, 2.75) is 63.7 Å². The molecule has 6 N–H and O–H groups in total. The first-order valence-corrected chi connectivity index (χ1v) is 14.7. The second-order valence-electron chi connectivity index (χ2n) is 11.5. The number of H-pyrrole nitrogens is 1. The van der Waals surface area contributed by atoms with E-state index in [-0.39, 0.29) is 31.2 Å². The molecule has 1 saturated heterocycles. The SMILES string of the molecule is CC(C)C[C@H](NC(=O)[C@H](CC(=O)O)NC(=O)[C@H](Cc1c[nH]c2ccccc12)N1CCN[C@@H](Cc2ccccc2)C1=O)C(=O)O. The second kappa shape index (κ2) is 14.6. The van der Waals surface area contributed by atoms with Crippen LogP contribution in [0.4, 0.5) is 0 Å². The summed E-state index contributed by atoms with van der Waals surface area (Å²) in [5.41, 5.74) is 2.57. The fourth-order valence-electron chi connectivity index (χ4n) is 5.55. The van der Waals surface area contributed by atoms with E-state index in [0.717, 1.165) is 22.0 Å². The van der Waals surface area contributed by atoms with Crippen molar-refractivity contribution in [1.82, 2.24) is 25.8 Å². The van der Waals surface area contributed by atoms with Crippen LogP contribution in [-0.2, 0) is 36.8 Å². The van der Waals surface area contributed by atoms with Crippen LogP contribution in [0, 0.1) is 5.92 Å². The summed E-state index contributed by atoms with van der Waals surface area (Å²) in [4.78, 5) is 69.1. The van der Waals surface area contributed by atoms with Gasteiger partial charge < -0.3 is 36.0 Å². The first-order chi connectivity index (χ1) is 21.0. The lowest BCUT2D eigenvalue weighted by Gasteiger charge is -2.38. The van der Waals surface area contributed by atoms with Crippen LogP contribution in [0.25, 0.3) is 10.9 Å². The number of carboxylic acids is 2. The Kier molecular flexibility index (Phi) is 10.7. The molecule has 12 nitrogen and oxygen atoms in total. The van der Waals surface area contributed by atoms with Crippen molar-refractivity contribution in [2.75, 3.05) is 13.1 Å². The number of carbonyl (C=O) groups excluding carboxylic acids is 3. The summed E-state index contributed by atoms with van der Waals surface area (Å²) in [6, 6.07) is 12.6. The van der Waals surface area contributed by atoms with Gasteiger partial charge in [0.05, 0.1) is 12.5 Å². The van der Waals surface area contributed by atoms with Crippen molar-refractivity contribution in [3.8, 4) is 0 Å². The number of carbonyl (C=O) groups is 5. The number of aromatic nitrogens is 1. The van der Waals surface area contributed by atoms with Crippen LogP contribution in [0.2, 0.25) is 0 Å². The lowest BCUT2D eigenvalue weighted by molar-refractivity contribution is -0.146. The lowest BCUT2D eigenvalue weighted by Crippen LogP contribution is -2.63. The number of amides is 3. The molecule has 3 aromatic rings. The van der Waals surface area contributed by atoms with Gasteiger partial charge in [0.2, 0.25) is 17.7 Å². The molecule has 12 heteroatoms. The number of benzene rings is 2. The number of rotatable bonds is 14. The van der Waals surface area contributed by atoms with Crippen LogP contribution in [-0.4, -0.2) is 87.0 Å². The van der Waals surface area contributed by atoms with E-state index in [0.29, 0.717) is 13.0 Å².